The molecule has 0 bridgehead atoms. The molecule has 0 unspecified atom stereocenters. The van der Waals surface area contributed by atoms with Crippen molar-refractivity contribution in [3.63, 3.8) is 0 Å². The quantitative estimate of drug-likeness (QED) is 0.329. The lowest BCUT2D eigenvalue weighted by atomic mass is 10.2. The second-order valence-corrected chi connectivity index (χ2v) is 7.33. The van der Waals surface area contributed by atoms with E-state index in [0.29, 0.717) is 16.2 Å². The van der Waals surface area contributed by atoms with Crippen molar-refractivity contribution in [2.45, 2.75) is 30.5 Å². The first-order chi connectivity index (χ1) is 14.1. The minimum Gasteiger partial charge on any atom is -0.419 e. The molecule has 29 heavy (non-hydrogen) atoms. The highest BCUT2D eigenvalue weighted by Crippen LogP contribution is 2.31. The molecule has 3 aromatic rings. The molecule has 0 radical (unpaired) electrons. The van der Waals surface area contributed by atoms with Crippen LogP contribution in [-0.2, 0) is 6.54 Å². The number of hydrogen-bond donors (Lipinski definition) is 0. The first-order valence-corrected chi connectivity index (χ1v) is 10.2. The van der Waals surface area contributed by atoms with Crippen LogP contribution >= 0.6 is 11.8 Å². The van der Waals surface area contributed by atoms with E-state index in [-0.39, 0.29) is 36.0 Å². The van der Waals surface area contributed by atoms with Crippen LogP contribution in [0.25, 0.3) is 11.5 Å². The van der Waals surface area contributed by atoms with Crippen molar-refractivity contribution in [1.82, 2.24) is 20.1 Å². The summed E-state index contributed by atoms with van der Waals surface area (Å²) in [7, 11) is 0. The number of nitro benzene ring substituents is 1. The standard InChI is InChI=1S/C19H17N5O4S/c1-29-18-15(6-3-9-20-18)19(25)23(13-7-8-13)11-16-21-22-17(28-16)12-4-2-5-14(10-12)24(26)27/h2-6,9-10,13H,7-8,11H2,1H3. The maximum atomic E-state index is 13.1. The van der Waals surface area contributed by atoms with E-state index in [1.807, 2.05) is 6.26 Å². The number of aromatic nitrogens is 3. The summed E-state index contributed by atoms with van der Waals surface area (Å²) >= 11 is 1.42. The Bertz CT molecular complexity index is 1070. The highest BCUT2D eigenvalue weighted by molar-refractivity contribution is 7.98. The number of carbonyl (C=O) groups excluding carboxylic acids is 1. The molecule has 4 rings (SSSR count). The summed E-state index contributed by atoms with van der Waals surface area (Å²) in [5.74, 6) is 0.333. The molecule has 1 saturated carbocycles. The minimum atomic E-state index is -0.481. The Morgan fingerprint density at radius 2 is 2.14 bits per heavy atom. The van der Waals surface area contributed by atoms with Gasteiger partial charge in [-0.05, 0) is 37.3 Å². The van der Waals surface area contributed by atoms with Gasteiger partial charge in [0.15, 0.2) is 0 Å². The van der Waals surface area contributed by atoms with Gasteiger partial charge in [0, 0.05) is 29.9 Å². The van der Waals surface area contributed by atoms with E-state index < -0.39 is 4.92 Å². The van der Waals surface area contributed by atoms with Gasteiger partial charge in [-0.25, -0.2) is 4.98 Å². The predicted octanol–water partition coefficient (Wildman–Crippen LogP) is 3.57. The molecular weight excluding hydrogens is 394 g/mol. The van der Waals surface area contributed by atoms with Crippen molar-refractivity contribution in [2.24, 2.45) is 0 Å². The molecule has 9 nitrogen and oxygen atoms in total. The maximum Gasteiger partial charge on any atom is 0.270 e. The van der Waals surface area contributed by atoms with Crippen molar-refractivity contribution < 1.29 is 14.1 Å². The Hall–Kier alpha value is -3.27. The van der Waals surface area contributed by atoms with E-state index in [0.717, 1.165) is 12.8 Å². The molecule has 1 aromatic carbocycles. The van der Waals surface area contributed by atoms with Crippen LogP contribution in [0.5, 0.6) is 0 Å². The molecule has 10 heteroatoms. The monoisotopic (exact) mass is 411 g/mol. The van der Waals surface area contributed by atoms with Gasteiger partial charge in [0.1, 0.15) is 5.03 Å². The fourth-order valence-electron chi connectivity index (χ4n) is 2.96. The zero-order valence-corrected chi connectivity index (χ0v) is 16.3. The van der Waals surface area contributed by atoms with Gasteiger partial charge < -0.3 is 9.32 Å². The Labute approximate surface area is 170 Å². The second-order valence-electron chi connectivity index (χ2n) is 6.53. The molecule has 1 fully saturated rings. The van der Waals surface area contributed by atoms with Crippen molar-refractivity contribution in [2.75, 3.05) is 6.26 Å². The number of nitro groups is 1. The van der Waals surface area contributed by atoms with Crippen LogP contribution in [0.3, 0.4) is 0 Å². The molecule has 0 atom stereocenters. The molecule has 0 aliphatic heterocycles. The number of pyridine rings is 1. The van der Waals surface area contributed by atoms with E-state index in [4.69, 9.17) is 4.42 Å². The number of amides is 1. The van der Waals surface area contributed by atoms with E-state index >= 15 is 0 Å². The van der Waals surface area contributed by atoms with E-state index in [9.17, 15) is 14.9 Å². The normalized spacial score (nSPS) is 13.3. The third-order valence-electron chi connectivity index (χ3n) is 4.52. The van der Waals surface area contributed by atoms with E-state index in [1.54, 1.807) is 35.4 Å². The molecule has 0 spiro atoms. The number of hydrogen-bond acceptors (Lipinski definition) is 8. The summed E-state index contributed by atoms with van der Waals surface area (Å²) in [6, 6.07) is 9.63. The molecule has 1 aliphatic carbocycles. The van der Waals surface area contributed by atoms with Gasteiger partial charge in [-0.15, -0.1) is 22.0 Å². The molecule has 0 N–H and O–H groups in total. The predicted molar refractivity (Wildman–Crippen MR) is 105 cm³/mol. The van der Waals surface area contributed by atoms with Crippen LogP contribution in [0.15, 0.2) is 52.0 Å². The van der Waals surface area contributed by atoms with Crippen LogP contribution in [0.4, 0.5) is 5.69 Å². The SMILES string of the molecule is CSc1ncccc1C(=O)N(Cc1nnc(-c2cccc([N+](=O)[O-])c2)o1)C1CC1. The third kappa shape index (κ3) is 4.11. The van der Waals surface area contributed by atoms with Crippen molar-refractivity contribution in [3.05, 3.63) is 64.2 Å². The van der Waals surface area contributed by atoms with E-state index in [2.05, 4.69) is 15.2 Å². The topological polar surface area (TPSA) is 115 Å². The number of carbonyl (C=O) groups is 1. The molecule has 1 aliphatic rings. The largest absolute Gasteiger partial charge is 0.419 e. The smallest absolute Gasteiger partial charge is 0.270 e. The molecule has 2 aromatic heterocycles. The summed E-state index contributed by atoms with van der Waals surface area (Å²) in [6.07, 6.45) is 5.39. The van der Waals surface area contributed by atoms with Gasteiger partial charge in [0.25, 0.3) is 11.6 Å². The summed E-state index contributed by atoms with van der Waals surface area (Å²) < 4.78 is 5.70. The Balaban J connectivity index is 1.57. The van der Waals surface area contributed by atoms with Gasteiger partial charge in [-0.1, -0.05) is 6.07 Å². The first-order valence-electron chi connectivity index (χ1n) is 8.94. The minimum absolute atomic E-state index is 0.0572. The molecule has 2 heterocycles. The maximum absolute atomic E-state index is 13.1. The molecule has 0 saturated heterocycles. The zero-order chi connectivity index (χ0) is 20.4. The summed E-state index contributed by atoms with van der Waals surface area (Å²) in [6.45, 7) is 0.175. The van der Waals surface area contributed by atoms with E-state index in [1.165, 1.54) is 23.9 Å². The second kappa shape index (κ2) is 8.00. The third-order valence-corrected chi connectivity index (χ3v) is 5.23. The average Bonchev–Trinajstić information content (AvgIpc) is 3.49. The highest BCUT2D eigenvalue weighted by atomic mass is 32.2. The van der Waals surface area contributed by atoms with Crippen LogP contribution < -0.4 is 0 Å². The van der Waals surface area contributed by atoms with Crippen molar-refractivity contribution >= 4 is 23.4 Å². The van der Waals surface area contributed by atoms with Crippen LogP contribution in [0, 0.1) is 10.1 Å². The first kappa shape index (κ1) is 19.1. The Morgan fingerprint density at radius 3 is 2.86 bits per heavy atom. The van der Waals surface area contributed by atoms with Crippen LogP contribution in [-0.4, -0.2) is 43.2 Å². The molecular formula is C19H17N5O4S. The summed E-state index contributed by atoms with van der Waals surface area (Å²) in [4.78, 5) is 29.6. The lowest BCUT2D eigenvalue weighted by Gasteiger charge is -2.21. The number of benzene rings is 1. The number of nitrogens with zero attached hydrogens (tertiary/aromatic N) is 5. The van der Waals surface area contributed by atoms with Gasteiger partial charge in [-0.3, -0.25) is 14.9 Å². The number of non-ortho nitro benzene ring substituents is 1. The zero-order valence-electron chi connectivity index (χ0n) is 15.5. The van der Waals surface area contributed by atoms with Crippen LogP contribution in [0.2, 0.25) is 0 Å². The van der Waals surface area contributed by atoms with Crippen LogP contribution in [0.1, 0.15) is 29.1 Å². The van der Waals surface area contributed by atoms with Gasteiger partial charge >= 0.3 is 0 Å². The fourth-order valence-corrected chi connectivity index (χ4v) is 3.50. The average molecular weight is 411 g/mol. The lowest BCUT2D eigenvalue weighted by Crippen LogP contribution is -2.33. The van der Waals surface area contributed by atoms with Gasteiger partial charge in [0.2, 0.25) is 11.8 Å². The Morgan fingerprint density at radius 1 is 1.31 bits per heavy atom. The summed E-state index contributed by atoms with van der Waals surface area (Å²) in [5, 5.41) is 19.7. The van der Waals surface area contributed by atoms with Gasteiger partial charge in [-0.2, -0.15) is 0 Å². The Kier molecular flexibility index (Phi) is 5.26. The number of thioether (sulfide) groups is 1. The highest BCUT2D eigenvalue weighted by Gasteiger charge is 2.35. The van der Waals surface area contributed by atoms with Crippen molar-refractivity contribution in [3.8, 4) is 11.5 Å². The number of rotatable bonds is 7. The summed E-state index contributed by atoms with van der Waals surface area (Å²) in [5.41, 5.74) is 0.947. The van der Waals surface area contributed by atoms with Crippen molar-refractivity contribution in [1.29, 1.82) is 0 Å². The fraction of sp³-hybridized carbons (Fsp3) is 0.263. The lowest BCUT2D eigenvalue weighted by molar-refractivity contribution is -0.384. The molecule has 1 amide bonds. The molecule has 148 valence electrons. The van der Waals surface area contributed by atoms with Gasteiger partial charge in [0.05, 0.1) is 17.0 Å².